The molecule has 1 aliphatic carbocycles. The monoisotopic (exact) mass is 278 g/mol. The Kier molecular flexibility index (Phi) is 4.82. The highest BCUT2D eigenvalue weighted by Gasteiger charge is 2.20. The summed E-state index contributed by atoms with van der Waals surface area (Å²) in [6.45, 7) is 3.08. The van der Waals surface area contributed by atoms with Gasteiger partial charge in [-0.15, -0.1) is 0 Å². The van der Waals surface area contributed by atoms with Crippen molar-refractivity contribution in [1.29, 1.82) is 0 Å². The Morgan fingerprint density at radius 2 is 2.05 bits per heavy atom. The van der Waals surface area contributed by atoms with Gasteiger partial charge in [0.15, 0.2) is 0 Å². The van der Waals surface area contributed by atoms with E-state index >= 15 is 0 Å². The van der Waals surface area contributed by atoms with Crippen LogP contribution in [-0.2, 0) is 0 Å². The van der Waals surface area contributed by atoms with E-state index in [1.165, 1.54) is 31.7 Å². The van der Waals surface area contributed by atoms with E-state index in [0.29, 0.717) is 17.4 Å². The number of nitrogens with one attached hydrogen (secondary N) is 1. The fraction of sp³-hybridized carbons (Fsp3) is 0.600. The summed E-state index contributed by atoms with van der Waals surface area (Å²) >= 11 is 0. The second-order valence-corrected chi connectivity index (χ2v) is 5.65. The molecule has 5 heteroatoms. The van der Waals surface area contributed by atoms with E-state index in [9.17, 15) is 10.1 Å². The third-order valence-corrected chi connectivity index (χ3v) is 4.12. The Bertz CT molecular complexity index is 468. The van der Waals surface area contributed by atoms with E-state index in [2.05, 4.69) is 12.2 Å². The molecular formula is C15H22N2O3. The van der Waals surface area contributed by atoms with Crippen molar-refractivity contribution < 1.29 is 9.66 Å². The molecule has 1 aromatic carbocycles. The van der Waals surface area contributed by atoms with Crippen molar-refractivity contribution in [2.75, 3.05) is 19.0 Å². The Labute approximate surface area is 119 Å². The number of nitrogens with zero attached hydrogens (tertiary/aromatic N) is 1. The van der Waals surface area contributed by atoms with Crippen LogP contribution in [0.2, 0.25) is 0 Å². The molecular weight excluding hydrogens is 256 g/mol. The zero-order valence-electron chi connectivity index (χ0n) is 12.1. The number of anilines is 1. The van der Waals surface area contributed by atoms with Gasteiger partial charge in [-0.3, -0.25) is 10.1 Å². The van der Waals surface area contributed by atoms with Gasteiger partial charge in [0.2, 0.25) is 0 Å². The van der Waals surface area contributed by atoms with Crippen LogP contribution in [-0.4, -0.2) is 18.6 Å². The number of nitro benzene ring substituents is 1. The van der Waals surface area contributed by atoms with E-state index in [0.717, 1.165) is 12.5 Å². The Morgan fingerprint density at radius 3 is 2.65 bits per heavy atom. The summed E-state index contributed by atoms with van der Waals surface area (Å²) < 4.78 is 5.13. The van der Waals surface area contributed by atoms with Crippen LogP contribution < -0.4 is 10.1 Å². The molecule has 1 saturated carbocycles. The third kappa shape index (κ3) is 3.62. The van der Waals surface area contributed by atoms with Gasteiger partial charge in [-0.2, -0.15) is 0 Å². The quantitative estimate of drug-likeness (QED) is 0.656. The van der Waals surface area contributed by atoms with Crippen LogP contribution >= 0.6 is 0 Å². The first-order chi connectivity index (χ1) is 9.60. The predicted molar refractivity (Wildman–Crippen MR) is 79.3 cm³/mol. The Hall–Kier alpha value is -1.78. The number of ether oxygens (including phenoxy) is 1. The molecule has 0 spiro atoms. The number of methoxy groups -OCH3 is 1. The molecule has 0 saturated heterocycles. The summed E-state index contributed by atoms with van der Waals surface area (Å²) in [5, 5.41) is 14.3. The highest BCUT2D eigenvalue weighted by Crippen LogP contribution is 2.31. The minimum Gasteiger partial charge on any atom is -0.497 e. The van der Waals surface area contributed by atoms with Gasteiger partial charge in [0.25, 0.3) is 5.69 Å². The van der Waals surface area contributed by atoms with Crippen molar-refractivity contribution in [3.05, 3.63) is 28.3 Å². The standard InChI is InChI=1S/C15H22N2O3/c1-11-3-5-12(6-4-11)10-16-14-9-13(20-2)7-8-15(14)17(18)19/h7-9,11-12,16H,3-6,10H2,1-2H3. The summed E-state index contributed by atoms with van der Waals surface area (Å²) in [7, 11) is 1.56. The van der Waals surface area contributed by atoms with E-state index in [4.69, 9.17) is 4.74 Å². The van der Waals surface area contributed by atoms with Crippen molar-refractivity contribution in [2.24, 2.45) is 11.8 Å². The molecule has 1 N–H and O–H groups in total. The molecule has 0 aromatic heterocycles. The van der Waals surface area contributed by atoms with E-state index < -0.39 is 0 Å². The van der Waals surface area contributed by atoms with Crippen LogP contribution in [0.3, 0.4) is 0 Å². The van der Waals surface area contributed by atoms with Gasteiger partial charge in [0, 0.05) is 18.7 Å². The van der Waals surface area contributed by atoms with Crippen LogP contribution in [0.5, 0.6) is 5.75 Å². The van der Waals surface area contributed by atoms with Crippen LogP contribution in [0.25, 0.3) is 0 Å². The van der Waals surface area contributed by atoms with Crippen molar-refractivity contribution in [3.63, 3.8) is 0 Å². The first kappa shape index (κ1) is 14.6. The molecule has 0 bridgehead atoms. The van der Waals surface area contributed by atoms with E-state index in [-0.39, 0.29) is 10.6 Å². The van der Waals surface area contributed by atoms with Crippen LogP contribution in [0.4, 0.5) is 11.4 Å². The zero-order valence-corrected chi connectivity index (χ0v) is 12.1. The fourth-order valence-corrected chi connectivity index (χ4v) is 2.73. The molecule has 0 heterocycles. The maximum atomic E-state index is 11.0. The maximum Gasteiger partial charge on any atom is 0.292 e. The maximum absolute atomic E-state index is 11.0. The molecule has 0 aliphatic heterocycles. The van der Waals surface area contributed by atoms with Crippen LogP contribution in [0, 0.1) is 22.0 Å². The minimum absolute atomic E-state index is 0.106. The summed E-state index contributed by atoms with van der Waals surface area (Å²) in [5.74, 6) is 2.06. The second kappa shape index (κ2) is 6.59. The number of hydrogen-bond acceptors (Lipinski definition) is 4. The molecule has 20 heavy (non-hydrogen) atoms. The average molecular weight is 278 g/mol. The second-order valence-electron chi connectivity index (χ2n) is 5.65. The molecule has 1 aliphatic rings. The number of benzene rings is 1. The zero-order chi connectivity index (χ0) is 14.5. The average Bonchev–Trinajstić information content (AvgIpc) is 2.46. The van der Waals surface area contributed by atoms with Gasteiger partial charge < -0.3 is 10.1 Å². The molecule has 5 nitrogen and oxygen atoms in total. The lowest BCUT2D eigenvalue weighted by Crippen LogP contribution is -2.20. The van der Waals surface area contributed by atoms with Crippen LogP contribution in [0.1, 0.15) is 32.6 Å². The summed E-state index contributed by atoms with van der Waals surface area (Å²) in [6, 6.07) is 4.80. The predicted octanol–water partition coefficient (Wildman–Crippen LogP) is 3.84. The van der Waals surface area contributed by atoms with E-state index in [1.54, 1.807) is 19.2 Å². The smallest absolute Gasteiger partial charge is 0.292 e. The van der Waals surface area contributed by atoms with Gasteiger partial charge in [0.05, 0.1) is 12.0 Å². The molecule has 2 rings (SSSR count). The van der Waals surface area contributed by atoms with Gasteiger partial charge >= 0.3 is 0 Å². The summed E-state index contributed by atoms with van der Waals surface area (Å²) in [5.41, 5.74) is 0.656. The normalized spacial score (nSPS) is 22.3. The first-order valence-corrected chi connectivity index (χ1v) is 7.16. The topological polar surface area (TPSA) is 64.4 Å². The van der Waals surface area contributed by atoms with Gasteiger partial charge in [0.1, 0.15) is 11.4 Å². The summed E-state index contributed by atoms with van der Waals surface area (Å²) in [6.07, 6.45) is 4.91. The number of rotatable bonds is 5. The SMILES string of the molecule is COc1ccc([N+](=O)[O-])c(NCC2CCC(C)CC2)c1. The lowest BCUT2D eigenvalue weighted by Gasteiger charge is -2.26. The third-order valence-electron chi connectivity index (χ3n) is 4.12. The number of hydrogen-bond donors (Lipinski definition) is 1. The van der Waals surface area contributed by atoms with Crippen molar-refractivity contribution >= 4 is 11.4 Å². The lowest BCUT2D eigenvalue weighted by atomic mass is 9.83. The van der Waals surface area contributed by atoms with E-state index in [1.807, 2.05) is 0 Å². The highest BCUT2D eigenvalue weighted by atomic mass is 16.6. The molecule has 0 atom stereocenters. The van der Waals surface area contributed by atoms with Crippen LogP contribution in [0.15, 0.2) is 18.2 Å². The van der Waals surface area contributed by atoms with Crippen molar-refractivity contribution in [1.82, 2.24) is 0 Å². The molecule has 0 amide bonds. The molecule has 1 aromatic rings. The largest absolute Gasteiger partial charge is 0.497 e. The lowest BCUT2D eigenvalue weighted by molar-refractivity contribution is -0.384. The van der Waals surface area contributed by atoms with Crippen molar-refractivity contribution in [2.45, 2.75) is 32.6 Å². The van der Waals surface area contributed by atoms with Gasteiger partial charge in [-0.05, 0) is 30.7 Å². The Balaban J connectivity index is 2.02. The molecule has 110 valence electrons. The number of nitro groups is 1. The highest BCUT2D eigenvalue weighted by molar-refractivity contribution is 5.64. The Morgan fingerprint density at radius 1 is 1.35 bits per heavy atom. The molecule has 0 unspecified atom stereocenters. The first-order valence-electron chi connectivity index (χ1n) is 7.16. The summed E-state index contributed by atoms with van der Waals surface area (Å²) in [4.78, 5) is 10.7. The van der Waals surface area contributed by atoms with Gasteiger partial charge in [-0.1, -0.05) is 19.8 Å². The van der Waals surface area contributed by atoms with Crippen molar-refractivity contribution in [3.8, 4) is 5.75 Å². The minimum atomic E-state index is -0.356. The molecule has 1 fully saturated rings. The fourth-order valence-electron chi connectivity index (χ4n) is 2.73. The van der Waals surface area contributed by atoms with Gasteiger partial charge in [-0.25, -0.2) is 0 Å². The molecule has 0 radical (unpaired) electrons.